The standard InChI is InChI=1S/C18H19ClN4O3/c1-10-3-4-11(2)23(10)17-14-7-12(19)8-15(16(14)26-21-17)22-6-5-13(9-22)20-18(24)25/h3-4,7-8,13,20H,5-6,9H2,1-2H3,(H,24,25). The molecule has 3 heterocycles. The van der Waals surface area contributed by atoms with Gasteiger partial charge in [-0.2, -0.15) is 0 Å². The number of fused-ring (bicyclic) bond motifs is 1. The number of halogens is 1. The smallest absolute Gasteiger partial charge is 0.404 e. The van der Waals surface area contributed by atoms with Crippen molar-refractivity contribution in [3.8, 4) is 5.82 Å². The molecule has 0 aliphatic carbocycles. The maximum Gasteiger partial charge on any atom is 0.404 e. The summed E-state index contributed by atoms with van der Waals surface area (Å²) < 4.78 is 7.72. The van der Waals surface area contributed by atoms with Gasteiger partial charge in [0.05, 0.1) is 17.1 Å². The molecule has 1 aliphatic rings. The summed E-state index contributed by atoms with van der Waals surface area (Å²) in [5.74, 6) is 0.711. The van der Waals surface area contributed by atoms with E-state index in [-0.39, 0.29) is 6.04 Å². The molecule has 7 nitrogen and oxygen atoms in total. The molecular weight excluding hydrogens is 356 g/mol. The molecule has 26 heavy (non-hydrogen) atoms. The molecule has 1 unspecified atom stereocenters. The SMILES string of the molecule is Cc1ccc(C)n1-c1noc2c(N3CCC(NC(=O)O)C3)cc(Cl)cc12. The predicted molar refractivity (Wildman–Crippen MR) is 99.6 cm³/mol. The first-order valence-electron chi connectivity index (χ1n) is 8.42. The van der Waals surface area contributed by atoms with Crippen molar-refractivity contribution in [3.63, 3.8) is 0 Å². The summed E-state index contributed by atoms with van der Waals surface area (Å²) in [6.45, 7) is 5.32. The minimum absolute atomic E-state index is 0.113. The quantitative estimate of drug-likeness (QED) is 0.729. The van der Waals surface area contributed by atoms with Crippen LogP contribution < -0.4 is 10.2 Å². The van der Waals surface area contributed by atoms with Crippen molar-refractivity contribution in [2.24, 2.45) is 0 Å². The fraction of sp³-hybridized carbons (Fsp3) is 0.333. The lowest BCUT2D eigenvalue weighted by molar-refractivity contribution is 0.191. The molecule has 0 radical (unpaired) electrons. The van der Waals surface area contributed by atoms with E-state index in [1.165, 1.54) is 0 Å². The maximum atomic E-state index is 10.9. The minimum Gasteiger partial charge on any atom is -0.465 e. The third kappa shape index (κ3) is 2.78. The van der Waals surface area contributed by atoms with Gasteiger partial charge < -0.3 is 19.8 Å². The van der Waals surface area contributed by atoms with E-state index in [0.29, 0.717) is 23.0 Å². The van der Waals surface area contributed by atoms with Gasteiger partial charge in [-0.05, 0) is 44.5 Å². The molecule has 2 aromatic heterocycles. The minimum atomic E-state index is -1.01. The Labute approximate surface area is 155 Å². The van der Waals surface area contributed by atoms with Crippen LogP contribution in [0.2, 0.25) is 5.02 Å². The van der Waals surface area contributed by atoms with Gasteiger partial charge in [0, 0.05) is 29.5 Å². The van der Waals surface area contributed by atoms with Gasteiger partial charge in [0.1, 0.15) is 0 Å². The first kappa shape index (κ1) is 16.8. The largest absolute Gasteiger partial charge is 0.465 e. The molecule has 1 amide bonds. The van der Waals surface area contributed by atoms with Gasteiger partial charge >= 0.3 is 6.09 Å². The van der Waals surface area contributed by atoms with Crippen LogP contribution in [0, 0.1) is 13.8 Å². The lowest BCUT2D eigenvalue weighted by Crippen LogP contribution is -2.36. The van der Waals surface area contributed by atoms with Crippen molar-refractivity contribution in [1.82, 2.24) is 15.0 Å². The highest BCUT2D eigenvalue weighted by atomic mass is 35.5. The number of benzene rings is 1. The topological polar surface area (TPSA) is 83.5 Å². The van der Waals surface area contributed by atoms with E-state index in [2.05, 4.69) is 15.4 Å². The van der Waals surface area contributed by atoms with Gasteiger partial charge in [0.25, 0.3) is 0 Å². The Hall–Kier alpha value is -2.67. The Morgan fingerprint density at radius 2 is 2.08 bits per heavy atom. The Morgan fingerprint density at radius 1 is 1.35 bits per heavy atom. The summed E-state index contributed by atoms with van der Waals surface area (Å²) in [6, 6.07) is 7.65. The van der Waals surface area contributed by atoms with E-state index in [1.54, 1.807) is 0 Å². The van der Waals surface area contributed by atoms with Gasteiger partial charge in [-0.3, -0.25) is 4.57 Å². The fourth-order valence-corrected chi connectivity index (χ4v) is 3.86. The van der Waals surface area contributed by atoms with Crippen LogP contribution in [0.25, 0.3) is 16.8 Å². The lowest BCUT2D eigenvalue weighted by atomic mass is 10.2. The summed E-state index contributed by atoms with van der Waals surface area (Å²) in [5.41, 5.74) is 3.62. The van der Waals surface area contributed by atoms with E-state index in [1.807, 2.05) is 42.7 Å². The number of aromatic nitrogens is 2. The zero-order valence-corrected chi connectivity index (χ0v) is 15.2. The number of rotatable bonds is 3. The van der Waals surface area contributed by atoms with Gasteiger partial charge in [0.15, 0.2) is 11.4 Å². The summed E-state index contributed by atoms with van der Waals surface area (Å²) in [4.78, 5) is 13.0. The summed E-state index contributed by atoms with van der Waals surface area (Å²) >= 11 is 6.38. The van der Waals surface area contributed by atoms with Crippen LogP contribution in [-0.4, -0.2) is 40.1 Å². The van der Waals surface area contributed by atoms with Crippen LogP contribution in [0.4, 0.5) is 10.5 Å². The van der Waals surface area contributed by atoms with Gasteiger partial charge in [0.2, 0.25) is 0 Å². The van der Waals surface area contributed by atoms with Crippen molar-refractivity contribution in [1.29, 1.82) is 0 Å². The summed E-state index contributed by atoms with van der Waals surface area (Å²) in [5, 5.41) is 17.2. The summed E-state index contributed by atoms with van der Waals surface area (Å²) in [7, 11) is 0. The number of anilines is 1. The molecule has 1 aromatic carbocycles. The molecule has 1 fully saturated rings. The number of aryl methyl sites for hydroxylation is 2. The Balaban J connectivity index is 1.77. The van der Waals surface area contributed by atoms with Crippen molar-refractivity contribution in [3.05, 3.63) is 40.7 Å². The second-order valence-corrected chi connectivity index (χ2v) is 7.08. The molecule has 3 aromatic rings. The third-order valence-corrected chi connectivity index (χ3v) is 5.06. The average Bonchev–Trinajstić information content (AvgIpc) is 3.26. The number of nitrogens with zero attached hydrogens (tertiary/aromatic N) is 3. The molecule has 8 heteroatoms. The lowest BCUT2D eigenvalue weighted by Gasteiger charge is -2.19. The molecule has 4 rings (SSSR count). The predicted octanol–water partition coefficient (Wildman–Crippen LogP) is 3.74. The zero-order valence-electron chi connectivity index (χ0n) is 14.5. The maximum absolute atomic E-state index is 10.9. The van der Waals surface area contributed by atoms with E-state index in [9.17, 15) is 4.79 Å². The number of hydrogen-bond acceptors (Lipinski definition) is 4. The molecule has 1 aliphatic heterocycles. The van der Waals surface area contributed by atoms with E-state index in [0.717, 1.165) is 35.4 Å². The number of nitrogens with one attached hydrogen (secondary N) is 1. The molecule has 0 bridgehead atoms. The monoisotopic (exact) mass is 374 g/mol. The second kappa shape index (κ2) is 6.25. The first-order valence-corrected chi connectivity index (χ1v) is 8.80. The number of carbonyl (C=O) groups is 1. The van der Waals surface area contributed by atoms with Crippen LogP contribution in [-0.2, 0) is 0 Å². The molecule has 136 valence electrons. The van der Waals surface area contributed by atoms with Crippen molar-refractivity contribution < 1.29 is 14.4 Å². The van der Waals surface area contributed by atoms with Crippen LogP contribution >= 0.6 is 11.6 Å². The van der Waals surface area contributed by atoms with Gasteiger partial charge in [-0.25, -0.2) is 4.79 Å². The third-order valence-electron chi connectivity index (χ3n) is 4.84. The zero-order chi connectivity index (χ0) is 18.4. The molecule has 1 atom stereocenters. The molecule has 0 spiro atoms. The molecular formula is C18H19ClN4O3. The highest BCUT2D eigenvalue weighted by Crippen LogP contribution is 2.36. The van der Waals surface area contributed by atoms with Crippen LogP contribution in [0.3, 0.4) is 0 Å². The molecule has 0 saturated carbocycles. The van der Waals surface area contributed by atoms with E-state index < -0.39 is 6.09 Å². The average molecular weight is 375 g/mol. The van der Waals surface area contributed by atoms with E-state index in [4.69, 9.17) is 21.2 Å². The first-order chi connectivity index (χ1) is 12.4. The van der Waals surface area contributed by atoms with E-state index >= 15 is 0 Å². The van der Waals surface area contributed by atoms with Crippen molar-refractivity contribution in [2.45, 2.75) is 26.3 Å². The Bertz CT molecular complexity index is 974. The normalized spacial score (nSPS) is 17.2. The second-order valence-electron chi connectivity index (χ2n) is 6.64. The van der Waals surface area contributed by atoms with Crippen LogP contribution in [0.1, 0.15) is 17.8 Å². The molecule has 1 saturated heterocycles. The fourth-order valence-electron chi connectivity index (χ4n) is 3.65. The van der Waals surface area contributed by atoms with Crippen LogP contribution in [0.5, 0.6) is 0 Å². The number of amides is 1. The Morgan fingerprint density at radius 3 is 2.77 bits per heavy atom. The Kier molecular flexibility index (Phi) is 4.03. The van der Waals surface area contributed by atoms with Crippen LogP contribution in [0.15, 0.2) is 28.8 Å². The number of hydrogen-bond donors (Lipinski definition) is 2. The van der Waals surface area contributed by atoms with Crippen molar-refractivity contribution >= 4 is 34.4 Å². The number of carboxylic acid groups (broad SMARTS) is 1. The van der Waals surface area contributed by atoms with Gasteiger partial charge in [-0.15, -0.1) is 0 Å². The highest BCUT2D eigenvalue weighted by Gasteiger charge is 2.27. The van der Waals surface area contributed by atoms with Crippen molar-refractivity contribution in [2.75, 3.05) is 18.0 Å². The van der Waals surface area contributed by atoms with Gasteiger partial charge in [-0.1, -0.05) is 16.8 Å². The summed E-state index contributed by atoms with van der Waals surface area (Å²) in [6.07, 6.45) is -0.273. The highest BCUT2D eigenvalue weighted by molar-refractivity contribution is 6.32. The molecule has 2 N–H and O–H groups in total.